The fourth-order valence-corrected chi connectivity index (χ4v) is 4.24. The minimum Gasteiger partial charge on any atom is -0.383 e. The number of hydrogen-bond donors (Lipinski definition) is 2. The van der Waals surface area contributed by atoms with Gasteiger partial charge in [0.2, 0.25) is 0 Å². The highest BCUT2D eigenvalue weighted by Gasteiger charge is 2.17. The van der Waals surface area contributed by atoms with Crippen LogP contribution in [0.4, 0.5) is 14.9 Å². The highest BCUT2D eigenvalue weighted by Crippen LogP contribution is 2.32. The second kappa shape index (κ2) is 10.5. The second-order valence-corrected chi connectivity index (χ2v) is 8.99. The Morgan fingerprint density at radius 2 is 2.00 bits per heavy atom. The standard InChI is InChI=1S/C26H31FN6O3/c1-16-20(30-25(34)28-10-11-31(2)3)9-7-18(23(16)27)17-6-8-21-19(14-17)24-22(15-29-21)32(4)26(35)33(24)12-13-36-5/h6-9,14-15H,10-13H2,1-5H3,(H2,28,30,34). The van der Waals surface area contributed by atoms with Crippen LogP contribution >= 0.6 is 0 Å². The first-order valence-corrected chi connectivity index (χ1v) is 11.7. The Bertz CT molecular complexity index is 1490. The molecule has 2 amide bonds. The number of imidazole rings is 1. The lowest BCUT2D eigenvalue weighted by Gasteiger charge is -2.14. The van der Waals surface area contributed by atoms with E-state index in [2.05, 4.69) is 15.6 Å². The molecule has 0 saturated carbocycles. The molecule has 4 rings (SSSR count). The molecule has 10 heteroatoms. The number of anilines is 1. The van der Waals surface area contributed by atoms with Crippen molar-refractivity contribution >= 4 is 33.7 Å². The molecular formula is C26H31FN6O3. The van der Waals surface area contributed by atoms with Gasteiger partial charge in [-0.2, -0.15) is 0 Å². The number of rotatable bonds is 8. The molecule has 0 aliphatic rings. The number of hydrogen-bond acceptors (Lipinski definition) is 5. The van der Waals surface area contributed by atoms with Crippen LogP contribution in [0, 0.1) is 12.7 Å². The maximum absolute atomic E-state index is 15.5. The van der Waals surface area contributed by atoms with E-state index in [0.717, 1.165) is 10.9 Å². The van der Waals surface area contributed by atoms with Gasteiger partial charge < -0.3 is 20.3 Å². The van der Waals surface area contributed by atoms with Gasteiger partial charge in [-0.05, 0) is 50.8 Å². The van der Waals surface area contributed by atoms with Gasteiger partial charge in [0.1, 0.15) is 5.82 Å². The molecule has 2 aromatic carbocycles. The second-order valence-electron chi connectivity index (χ2n) is 8.99. The smallest absolute Gasteiger partial charge is 0.328 e. The lowest BCUT2D eigenvalue weighted by Crippen LogP contribution is -2.34. The number of carbonyl (C=O) groups excluding carboxylic acids is 1. The van der Waals surface area contributed by atoms with Crippen LogP contribution in [0.25, 0.3) is 33.1 Å². The number of methoxy groups -OCH3 is 1. The predicted molar refractivity (Wildman–Crippen MR) is 140 cm³/mol. The summed E-state index contributed by atoms with van der Waals surface area (Å²) in [4.78, 5) is 31.5. The van der Waals surface area contributed by atoms with Gasteiger partial charge >= 0.3 is 11.7 Å². The van der Waals surface area contributed by atoms with Crippen LogP contribution in [-0.4, -0.2) is 66.0 Å². The molecule has 0 radical (unpaired) electrons. The van der Waals surface area contributed by atoms with Crippen molar-refractivity contribution in [2.24, 2.45) is 7.05 Å². The minimum absolute atomic E-state index is 0.164. The normalized spacial score (nSPS) is 11.5. The lowest BCUT2D eigenvalue weighted by molar-refractivity contribution is 0.187. The lowest BCUT2D eigenvalue weighted by atomic mass is 9.99. The van der Waals surface area contributed by atoms with E-state index in [1.54, 1.807) is 54.6 Å². The van der Waals surface area contributed by atoms with Crippen LogP contribution < -0.4 is 16.3 Å². The quantitative estimate of drug-likeness (QED) is 0.392. The summed E-state index contributed by atoms with van der Waals surface area (Å²) in [6.07, 6.45) is 1.68. The monoisotopic (exact) mass is 494 g/mol. The summed E-state index contributed by atoms with van der Waals surface area (Å²) < 4.78 is 23.9. The zero-order valence-corrected chi connectivity index (χ0v) is 21.2. The Kier molecular flexibility index (Phi) is 7.37. The molecular weight excluding hydrogens is 463 g/mol. The van der Waals surface area contributed by atoms with Crippen LogP contribution in [0.3, 0.4) is 0 Å². The van der Waals surface area contributed by atoms with Crippen molar-refractivity contribution in [2.75, 3.05) is 46.2 Å². The van der Waals surface area contributed by atoms with Crippen LogP contribution in [0.2, 0.25) is 0 Å². The topological polar surface area (TPSA) is 93.4 Å². The number of halogens is 1. The van der Waals surface area contributed by atoms with E-state index in [9.17, 15) is 9.59 Å². The molecule has 9 nitrogen and oxygen atoms in total. The largest absolute Gasteiger partial charge is 0.383 e. The van der Waals surface area contributed by atoms with Crippen molar-refractivity contribution in [2.45, 2.75) is 13.5 Å². The van der Waals surface area contributed by atoms with Crippen LogP contribution in [0.5, 0.6) is 0 Å². The molecule has 0 unspecified atom stereocenters. The average Bonchev–Trinajstić information content (AvgIpc) is 3.10. The molecule has 0 spiro atoms. The number of carbonyl (C=O) groups is 1. The van der Waals surface area contributed by atoms with Crippen molar-refractivity contribution in [3.05, 3.63) is 58.4 Å². The van der Waals surface area contributed by atoms with Crippen molar-refractivity contribution < 1.29 is 13.9 Å². The number of aromatic nitrogens is 3. The summed E-state index contributed by atoms with van der Waals surface area (Å²) in [7, 11) is 7.13. The summed E-state index contributed by atoms with van der Waals surface area (Å²) >= 11 is 0. The number of pyridine rings is 1. The highest BCUT2D eigenvalue weighted by atomic mass is 19.1. The van der Waals surface area contributed by atoms with Gasteiger partial charge in [-0.15, -0.1) is 0 Å². The SMILES string of the molecule is COCCn1c(=O)n(C)c2cnc3ccc(-c4ccc(NC(=O)NCCN(C)C)c(C)c4F)cc3c21. The molecule has 4 aromatic rings. The molecule has 36 heavy (non-hydrogen) atoms. The molecule has 190 valence electrons. The molecule has 0 aliphatic carbocycles. The highest BCUT2D eigenvalue weighted by molar-refractivity contribution is 6.04. The number of likely N-dealkylation sites (N-methyl/N-ethyl adjacent to an activating group) is 1. The first-order chi connectivity index (χ1) is 17.2. The number of benzene rings is 2. The zero-order valence-electron chi connectivity index (χ0n) is 21.2. The van der Waals surface area contributed by atoms with Gasteiger partial charge in [-0.3, -0.25) is 14.1 Å². The van der Waals surface area contributed by atoms with Crippen molar-refractivity contribution in [1.82, 2.24) is 24.3 Å². The van der Waals surface area contributed by atoms with E-state index in [4.69, 9.17) is 4.74 Å². The maximum atomic E-state index is 15.5. The number of aryl methyl sites for hydroxylation is 1. The van der Waals surface area contributed by atoms with Crippen LogP contribution in [0.15, 0.2) is 41.3 Å². The first kappa shape index (κ1) is 25.3. The van der Waals surface area contributed by atoms with Gasteiger partial charge in [0.15, 0.2) is 0 Å². The summed E-state index contributed by atoms with van der Waals surface area (Å²) in [5, 5.41) is 6.23. The van der Waals surface area contributed by atoms with E-state index in [1.807, 2.05) is 31.1 Å². The molecule has 0 aliphatic heterocycles. The summed E-state index contributed by atoms with van der Waals surface area (Å²) in [5.74, 6) is -0.426. The Morgan fingerprint density at radius 1 is 1.22 bits per heavy atom. The van der Waals surface area contributed by atoms with Crippen LogP contribution in [-0.2, 0) is 18.3 Å². The average molecular weight is 495 g/mol. The summed E-state index contributed by atoms with van der Waals surface area (Å²) in [6, 6.07) is 8.44. The molecule has 0 fully saturated rings. The molecule has 2 N–H and O–H groups in total. The zero-order chi connectivity index (χ0) is 26.0. The Morgan fingerprint density at radius 3 is 2.72 bits per heavy atom. The fourth-order valence-electron chi connectivity index (χ4n) is 4.24. The van der Waals surface area contributed by atoms with Gasteiger partial charge in [0, 0.05) is 49.4 Å². The predicted octanol–water partition coefficient (Wildman–Crippen LogP) is 3.33. The van der Waals surface area contributed by atoms with Gasteiger partial charge in [-0.25, -0.2) is 14.0 Å². The van der Waals surface area contributed by atoms with Crippen LogP contribution in [0.1, 0.15) is 5.56 Å². The van der Waals surface area contributed by atoms with Crippen molar-refractivity contribution in [3.63, 3.8) is 0 Å². The summed E-state index contributed by atoms with van der Waals surface area (Å²) in [6.45, 7) is 3.58. The number of nitrogens with one attached hydrogen (secondary N) is 2. The molecule has 2 aromatic heterocycles. The number of ether oxygens (including phenoxy) is 1. The number of nitrogens with zero attached hydrogens (tertiary/aromatic N) is 4. The minimum atomic E-state index is -0.426. The van der Waals surface area contributed by atoms with Crippen molar-refractivity contribution in [1.29, 1.82) is 0 Å². The van der Waals surface area contributed by atoms with E-state index in [1.165, 1.54) is 0 Å². The van der Waals surface area contributed by atoms with Gasteiger partial charge in [0.25, 0.3) is 0 Å². The molecule has 0 atom stereocenters. The van der Waals surface area contributed by atoms with E-state index < -0.39 is 5.82 Å². The third-order valence-electron chi connectivity index (χ3n) is 6.28. The Labute approximate surface area is 208 Å². The first-order valence-electron chi connectivity index (χ1n) is 11.7. The van der Waals surface area contributed by atoms with Gasteiger partial charge in [0.05, 0.1) is 35.9 Å². The van der Waals surface area contributed by atoms with Crippen molar-refractivity contribution in [3.8, 4) is 11.1 Å². The number of amides is 2. The molecule has 0 bridgehead atoms. The Hall–Kier alpha value is -3.76. The third kappa shape index (κ3) is 4.82. The number of urea groups is 1. The molecule has 2 heterocycles. The number of fused-ring (bicyclic) bond motifs is 3. The van der Waals surface area contributed by atoms with Gasteiger partial charge in [-0.1, -0.05) is 6.07 Å². The third-order valence-corrected chi connectivity index (χ3v) is 6.28. The maximum Gasteiger partial charge on any atom is 0.328 e. The van der Waals surface area contributed by atoms with E-state index in [-0.39, 0.29) is 11.7 Å². The van der Waals surface area contributed by atoms with E-state index >= 15 is 4.39 Å². The fraction of sp³-hybridized carbons (Fsp3) is 0.346. The van der Waals surface area contributed by atoms with E-state index in [0.29, 0.717) is 59.7 Å². The summed E-state index contributed by atoms with van der Waals surface area (Å²) in [5.41, 5.74) is 3.74. The molecule has 0 saturated heterocycles. The Balaban J connectivity index is 1.73.